The Kier molecular flexibility index (Phi) is 12.7. The van der Waals surface area contributed by atoms with E-state index >= 15 is 0 Å². The van der Waals surface area contributed by atoms with Gasteiger partial charge in [0.2, 0.25) is 17.8 Å². The Balaban J connectivity index is 1.33. The van der Waals surface area contributed by atoms with Gasteiger partial charge in [0.25, 0.3) is 5.91 Å². The second-order valence-electron chi connectivity index (χ2n) is 8.13. The van der Waals surface area contributed by atoms with Crippen molar-refractivity contribution in [1.29, 1.82) is 0 Å². The van der Waals surface area contributed by atoms with E-state index in [4.69, 9.17) is 15.2 Å². The Labute approximate surface area is 221 Å². The molecule has 12 heteroatoms. The molecule has 1 heterocycles. The summed E-state index contributed by atoms with van der Waals surface area (Å²) in [6.07, 6.45) is 0.774. The number of halogens is 1. The minimum Gasteiger partial charge on any atom is -0.377 e. The predicted octanol–water partition coefficient (Wildman–Crippen LogP) is 2.26. The highest BCUT2D eigenvalue weighted by atomic mass is 19.1. The minimum atomic E-state index is -0.299. The van der Waals surface area contributed by atoms with Gasteiger partial charge in [-0.15, -0.1) is 0 Å². The van der Waals surface area contributed by atoms with Crippen LogP contribution in [-0.4, -0.2) is 73.5 Å². The van der Waals surface area contributed by atoms with Gasteiger partial charge in [-0.1, -0.05) is 30.3 Å². The third-order valence-corrected chi connectivity index (χ3v) is 5.11. The van der Waals surface area contributed by atoms with Crippen molar-refractivity contribution in [2.75, 3.05) is 68.6 Å². The molecule has 0 fully saturated rings. The van der Waals surface area contributed by atoms with Crippen LogP contribution in [0.3, 0.4) is 0 Å². The number of hydrogen-bond acceptors (Lipinski definition) is 10. The molecule has 38 heavy (non-hydrogen) atoms. The van der Waals surface area contributed by atoms with Gasteiger partial charge >= 0.3 is 0 Å². The van der Waals surface area contributed by atoms with Gasteiger partial charge in [-0.05, 0) is 42.8 Å². The van der Waals surface area contributed by atoms with Crippen LogP contribution in [0.1, 0.15) is 22.3 Å². The van der Waals surface area contributed by atoms with Crippen LogP contribution in [0.4, 0.5) is 22.2 Å². The maximum Gasteiger partial charge on any atom is 0.251 e. The van der Waals surface area contributed by atoms with Crippen molar-refractivity contribution < 1.29 is 18.7 Å². The molecular formula is C26H35FN8O3. The number of hydrogen-bond donors (Lipinski definition) is 5. The summed E-state index contributed by atoms with van der Waals surface area (Å²) in [4.78, 5) is 25.1. The number of nitrogens with one attached hydrogen (secondary N) is 4. The summed E-state index contributed by atoms with van der Waals surface area (Å²) in [5, 5.41) is 12.2. The van der Waals surface area contributed by atoms with Gasteiger partial charge in [0.05, 0.1) is 26.4 Å². The topological polar surface area (TPSA) is 148 Å². The van der Waals surface area contributed by atoms with Gasteiger partial charge in [-0.2, -0.15) is 15.0 Å². The zero-order valence-electron chi connectivity index (χ0n) is 21.3. The largest absolute Gasteiger partial charge is 0.377 e. The van der Waals surface area contributed by atoms with Crippen LogP contribution in [-0.2, 0) is 16.0 Å². The molecule has 0 aliphatic heterocycles. The zero-order valence-corrected chi connectivity index (χ0v) is 21.3. The van der Waals surface area contributed by atoms with Gasteiger partial charge in [0.15, 0.2) is 0 Å². The second-order valence-corrected chi connectivity index (χ2v) is 8.13. The maximum atomic E-state index is 13.5. The van der Waals surface area contributed by atoms with Crippen LogP contribution in [0.2, 0.25) is 0 Å². The van der Waals surface area contributed by atoms with Gasteiger partial charge in [0, 0.05) is 31.7 Å². The SMILES string of the molecule is NCCCNc1nc(NCCOCCOCCNC(=O)c2ccccc2)nc(NCc2cccc(F)c2)n1. The van der Waals surface area contributed by atoms with E-state index in [9.17, 15) is 9.18 Å². The standard InChI is InChI=1S/C26H35FN8O3/c27-22-9-4-6-20(18-22)19-32-26-34-24(30-11-5-10-28)33-25(35-26)31-13-15-38-17-16-37-14-12-29-23(36)21-7-2-1-3-8-21/h1-4,6-9,18H,5,10-17,19,28H2,(H,29,36)(H3,30,31,32,33,34,35). The summed E-state index contributed by atoms with van der Waals surface area (Å²) in [7, 11) is 0. The summed E-state index contributed by atoms with van der Waals surface area (Å²) in [5.74, 6) is 0.722. The number of rotatable bonds is 18. The average Bonchev–Trinajstić information content (AvgIpc) is 2.93. The van der Waals surface area contributed by atoms with Crippen LogP contribution in [0.15, 0.2) is 54.6 Å². The summed E-state index contributed by atoms with van der Waals surface area (Å²) in [6, 6.07) is 15.4. The molecule has 0 saturated carbocycles. The van der Waals surface area contributed by atoms with E-state index in [1.54, 1.807) is 18.2 Å². The summed E-state index contributed by atoms with van der Waals surface area (Å²) >= 11 is 0. The molecule has 0 radical (unpaired) electrons. The van der Waals surface area contributed by atoms with E-state index in [1.807, 2.05) is 24.3 Å². The first kappa shape index (κ1) is 28.7. The molecule has 3 aromatic rings. The molecule has 0 aliphatic carbocycles. The van der Waals surface area contributed by atoms with Crippen molar-refractivity contribution in [3.8, 4) is 0 Å². The van der Waals surface area contributed by atoms with Gasteiger partial charge in [-0.3, -0.25) is 4.79 Å². The van der Waals surface area contributed by atoms with E-state index < -0.39 is 0 Å². The van der Waals surface area contributed by atoms with Crippen LogP contribution in [0, 0.1) is 5.82 Å². The number of carbonyl (C=O) groups excluding carboxylic acids is 1. The maximum absolute atomic E-state index is 13.5. The lowest BCUT2D eigenvalue weighted by atomic mass is 10.2. The van der Waals surface area contributed by atoms with Crippen LogP contribution in [0.25, 0.3) is 0 Å². The van der Waals surface area contributed by atoms with Gasteiger partial charge in [0.1, 0.15) is 5.82 Å². The van der Waals surface area contributed by atoms with Crippen LogP contribution in [0.5, 0.6) is 0 Å². The van der Waals surface area contributed by atoms with E-state index in [2.05, 4.69) is 36.2 Å². The smallest absolute Gasteiger partial charge is 0.251 e. The molecule has 0 unspecified atom stereocenters. The molecule has 0 aliphatic rings. The number of anilines is 3. The van der Waals surface area contributed by atoms with E-state index in [1.165, 1.54) is 12.1 Å². The molecule has 11 nitrogen and oxygen atoms in total. The molecule has 204 valence electrons. The van der Waals surface area contributed by atoms with Crippen LogP contribution >= 0.6 is 0 Å². The van der Waals surface area contributed by atoms with Crippen molar-refractivity contribution in [3.63, 3.8) is 0 Å². The molecule has 3 rings (SSSR count). The molecule has 0 atom stereocenters. The number of amides is 1. The number of nitrogens with two attached hydrogens (primary N) is 1. The Morgan fingerprint density at radius 3 is 2.13 bits per heavy atom. The van der Waals surface area contributed by atoms with Gasteiger partial charge in [-0.25, -0.2) is 4.39 Å². The van der Waals surface area contributed by atoms with E-state index in [0.717, 1.165) is 12.0 Å². The number of nitrogens with zero attached hydrogens (tertiary/aromatic N) is 3. The molecule has 6 N–H and O–H groups in total. The third kappa shape index (κ3) is 11.0. The van der Waals surface area contributed by atoms with Crippen molar-refractivity contribution in [2.45, 2.75) is 13.0 Å². The third-order valence-electron chi connectivity index (χ3n) is 5.11. The lowest BCUT2D eigenvalue weighted by molar-refractivity contribution is 0.0519. The fraction of sp³-hybridized carbons (Fsp3) is 0.385. The molecule has 0 saturated heterocycles. The van der Waals surface area contributed by atoms with Crippen LogP contribution < -0.4 is 27.0 Å². The molecule has 1 aromatic heterocycles. The highest BCUT2D eigenvalue weighted by Crippen LogP contribution is 2.11. The van der Waals surface area contributed by atoms with Crippen molar-refractivity contribution >= 4 is 23.8 Å². The lowest BCUT2D eigenvalue weighted by Gasteiger charge is -2.12. The second kappa shape index (κ2) is 16.8. The monoisotopic (exact) mass is 526 g/mol. The normalized spacial score (nSPS) is 10.7. The Bertz CT molecular complexity index is 1110. The fourth-order valence-electron chi connectivity index (χ4n) is 3.23. The van der Waals surface area contributed by atoms with Crippen molar-refractivity contribution in [2.24, 2.45) is 5.73 Å². The highest BCUT2D eigenvalue weighted by Gasteiger charge is 2.07. The van der Waals surface area contributed by atoms with Crippen molar-refractivity contribution in [3.05, 3.63) is 71.5 Å². The van der Waals surface area contributed by atoms with Gasteiger partial charge < -0.3 is 36.5 Å². The Morgan fingerprint density at radius 1 is 0.789 bits per heavy atom. The van der Waals surface area contributed by atoms with E-state index in [0.29, 0.717) is 82.6 Å². The Morgan fingerprint density at radius 2 is 1.45 bits per heavy atom. The Hall–Kier alpha value is -3.87. The quantitative estimate of drug-likeness (QED) is 0.156. The molecule has 1 amide bonds. The highest BCUT2D eigenvalue weighted by molar-refractivity contribution is 5.94. The summed E-state index contributed by atoms with van der Waals surface area (Å²) in [6.45, 7) is 4.09. The zero-order chi connectivity index (χ0) is 26.8. The summed E-state index contributed by atoms with van der Waals surface area (Å²) in [5.41, 5.74) is 6.95. The first-order valence-corrected chi connectivity index (χ1v) is 12.5. The lowest BCUT2D eigenvalue weighted by Crippen LogP contribution is -2.27. The molecule has 2 aromatic carbocycles. The molecule has 0 bridgehead atoms. The number of ether oxygens (including phenoxy) is 2. The number of carbonyl (C=O) groups is 1. The summed E-state index contributed by atoms with van der Waals surface area (Å²) < 4.78 is 24.5. The minimum absolute atomic E-state index is 0.125. The predicted molar refractivity (Wildman–Crippen MR) is 145 cm³/mol. The van der Waals surface area contributed by atoms with Crippen molar-refractivity contribution in [1.82, 2.24) is 20.3 Å². The molecular weight excluding hydrogens is 491 g/mol. The fourth-order valence-corrected chi connectivity index (χ4v) is 3.23. The molecule has 0 spiro atoms. The first-order valence-electron chi connectivity index (χ1n) is 12.5. The number of benzene rings is 2. The number of aromatic nitrogens is 3. The van der Waals surface area contributed by atoms with E-state index in [-0.39, 0.29) is 11.7 Å². The average molecular weight is 527 g/mol. The first-order chi connectivity index (χ1) is 18.6.